The molecule has 4 aromatic rings. The number of pyridine rings is 1. The molecule has 2 amide bonds. The van der Waals surface area contributed by atoms with Crippen LogP contribution in [0.5, 0.6) is 0 Å². The van der Waals surface area contributed by atoms with Gasteiger partial charge in [-0.25, -0.2) is 9.67 Å². The molecular formula is C23H22ClN5O2S. The lowest BCUT2D eigenvalue weighted by Gasteiger charge is -2.12. The van der Waals surface area contributed by atoms with Crippen molar-refractivity contribution < 1.29 is 9.59 Å². The monoisotopic (exact) mass is 467 g/mol. The number of anilines is 2. The van der Waals surface area contributed by atoms with Gasteiger partial charge in [0.15, 0.2) is 5.65 Å². The summed E-state index contributed by atoms with van der Waals surface area (Å²) >= 11 is 7.97. The third-order valence-corrected chi connectivity index (χ3v) is 6.17. The summed E-state index contributed by atoms with van der Waals surface area (Å²) in [6.45, 7) is 7.49. The van der Waals surface area contributed by atoms with E-state index < -0.39 is 0 Å². The summed E-state index contributed by atoms with van der Waals surface area (Å²) in [5, 5.41) is 11.0. The van der Waals surface area contributed by atoms with Crippen LogP contribution in [-0.2, 0) is 4.79 Å². The van der Waals surface area contributed by atoms with Gasteiger partial charge >= 0.3 is 0 Å². The minimum Gasteiger partial charge on any atom is -0.326 e. The quantitative estimate of drug-likeness (QED) is 0.381. The Balaban J connectivity index is 1.76. The molecular weight excluding hydrogens is 446 g/mol. The normalized spacial score (nSPS) is 11.2. The molecule has 3 heterocycles. The summed E-state index contributed by atoms with van der Waals surface area (Å²) in [4.78, 5) is 31.5. The fraction of sp³-hybridized carbons (Fsp3) is 0.217. The molecule has 0 spiro atoms. The van der Waals surface area contributed by atoms with Crippen LogP contribution in [0.2, 0.25) is 5.02 Å². The third kappa shape index (κ3) is 4.37. The number of aromatic nitrogens is 3. The van der Waals surface area contributed by atoms with Gasteiger partial charge in [0.25, 0.3) is 5.91 Å². The van der Waals surface area contributed by atoms with Gasteiger partial charge in [0, 0.05) is 23.5 Å². The van der Waals surface area contributed by atoms with Crippen molar-refractivity contribution in [3.05, 3.63) is 58.1 Å². The largest absolute Gasteiger partial charge is 0.326 e. The summed E-state index contributed by atoms with van der Waals surface area (Å²) in [6, 6.07) is 10.8. The van der Waals surface area contributed by atoms with Gasteiger partial charge in [-0.3, -0.25) is 9.59 Å². The van der Waals surface area contributed by atoms with Gasteiger partial charge in [-0.2, -0.15) is 5.10 Å². The van der Waals surface area contributed by atoms with Gasteiger partial charge in [0.1, 0.15) is 0 Å². The predicted octanol–water partition coefficient (Wildman–Crippen LogP) is 5.91. The standard InChI is InChI=1S/C23H22ClN5O2S/c1-12(2)29-22-17(11-25-29)16(10-20(27-22)21-8-5-13(3)32-21)23(31)28-19-7-6-15(9-18(19)24)26-14(4)30/h5-12H,1-4H3,(H,26,30)(H,28,31). The van der Waals surface area contributed by atoms with E-state index in [1.165, 1.54) is 6.92 Å². The van der Waals surface area contributed by atoms with Gasteiger partial charge < -0.3 is 10.6 Å². The average Bonchev–Trinajstić information content (AvgIpc) is 3.35. The topological polar surface area (TPSA) is 88.9 Å². The fourth-order valence-corrected chi connectivity index (χ4v) is 4.43. The molecule has 4 rings (SSSR count). The van der Waals surface area contributed by atoms with Crippen LogP contribution in [0.15, 0.2) is 42.6 Å². The van der Waals surface area contributed by atoms with Crippen LogP contribution >= 0.6 is 22.9 Å². The highest BCUT2D eigenvalue weighted by Gasteiger charge is 2.20. The van der Waals surface area contributed by atoms with Gasteiger partial charge in [-0.15, -0.1) is 11.3 Å². The van der Waals surface area contributed by atoms with Crippen LogP contribution in [0.4, 0.5) is 11.4 Å². The number of carbonyl (C=O) groups excluding carboxylic acids is 2. The molecule has 32 heavy (non-hydrogen) atoms. The molecule has 0 fully saturated rings. The second kappa shape index (κ2) is 8.72. The Kier molecular flexibility index (Phi) is 5.99. The first kappa shape index (κ1) is 22.0. The molecule has 0 atom stereocenters. The second-order valence-corrected chi connectivity index (χ2v) is 9.41. The Labute approximate surface area is 194 Å². The van der Waals surface area contributed by atoms with E-state index in [2.05, 4.69) is 15.7 Å². The molecule has 1 aromatic carbocycles. The lowest BCUT2D eigenvalue weighted by atomic mass is 10.1. The lowest BCUT2D eigenvalue weighted by Crippen LogP contribution is -2.14. The van der Waals surface area contributed by atoms with E-state index in [1.807, 2.05) is 37.6 Å². The van der Waals surface area contributed by atoms with Crippen molar-refractivity contribution in [2.45, 2.75) is 33.7 Å². The molecule has 0 saturated carbocycles. The van der Waals surface area contributed by atoms with Crippen LogP contribution in [-0.4, -0.2) is 26.6 Å². The number of benzene rings is 1. The van der Waals surface area contributed by atoms with Crippen molar-refractivity contribution in [1.82, 2.24) is 14.8 Å². The molecule has 0 bridgehead atoms. The first-order valence-electron chi connectivity index (χ1n) is 10.1. The van der Waals surface area contributed by atoms with E-state index in [0.29, 0.717) is 33.0 Å². The Bertz CT molecular complexity index is 1340. The maximum absolute atomic E-state index is 13.3. The van der Waals surface area contributed by atoms with Crippen LogP contribution in [0, 0.1) is 6.92 Å². The number of aryl methyl sites for hydroxylation is 1. The Hall–Kier alpha value is -3.23. The number of nitrogens with one attached hydrogen (secondary N) is 2. The molecule has 0 aliphatic carbocycles. The SMILES string of the molecule is CC(=O)Nc1ccc(NC(=O)c2cc(-c3ccc(C)s3)nc3c2cnn3C(C)C)c(Cl)c1. The van der Waals surface area contributed by atoms with Gasteiger partial charge in [0.2, 0.25) is 5.91 Å². The summed E-state index contributed by atoms with van der Waals surface area (Å²) in [5.74, 6) is -0.514. The van der Waals surface area contributed by atoms with Gasteiger partial charge in [0.05, 0.1) is 38.4 Å². The number of amides is 2. The molecule has 3 aromatic heterocycles. The third-order valence-electron chi connectivity index (χ3n) is 4.83. The maximum atomic E-state index is 13.3. The van der Waals surface area contributed by atoms with Crippen LogP contribution in [0.3, 0.4) is 0 Å². The van der Waals surface area contributed by atoms with E-state index in [1.54, 1.807) is 41.8 Å². The molecule has 0 aliphatic rings. The number of nitrogens with zero attached hydrogens (tertiary/aromatic N) is 3. The highest BCUT2D eigenvalue weighted by Crippen LogP contribution is 2.32. The molecule has 7 nitrogen and oxygen atoms in total. The molecule has 164 valence electrons. The second-order valence-electron chi connectivity index (χ2n) is 7.72. The van der Waals surface area contributed by atoms with Gasteiger partial charge in [-0.05, 0) is 57.2 Å². The zero-order valence-electron chi connectivity index (χ0n) is 18.1. The average molecular weight is 468 g/mol. The fourth-order valence-electron chi connectivity index (χ4n) is 3.37. The summed E-state index contributed by atoms with van der Waals surface area (Å²) < 4.78 is 1.81. The minimum absolute atomic E-state index is 0.0898. The number of hydrogen-bond acceptors (Lipinski definition) is 5. The van der Waals surface area contributed by atoms with Crippen LogP contribution in [0.1, 0.15) is 42.0 Å². The molecule has 0 aliphatic heterocycles. The number of rotatable bonds is 5. The Morgan fingerprint density at radius 1 is 1.12 bits per heavy atom. The molecule has 0 radical (unpaired) electrons. The first-order valence-corrected chi connectivity index (χ1v) is 11.3. The van der Waals surface area contributed by atoms with E-state index in [4.69, 9.17) is 16.6 Å². The van der Waals surface area contributed by atoms with Crippen molar-refractivity contribution in [3.8, 4) is 10.6 Å². The first-order chi connectivity index (χ1) is 15.2. The van der Waals surface area contributed by atoms with Crippen molar-refractivity contribution in [3.63, 3.8) is 0 Å². The maximum Gasteiger partial charge on any atom is 0.256 e. The smallest absolute Gasteiger partial charge is 0.256 e. The Morgan fingerprint density at radius 3 is 2.53 bits per heavy atom. The highest BCUT2D eigenvalue weighted by atomic mass is 35.5. The van der Waals surface area contributed by atoms with Crippen molar-refractivity contribution in [2.75, 3.05) is 10.6 Å². The van der Waals surface area contributed by atoms with Crippen molar-refractivity contribution >= 4 is 57.2 Å². The zero-order valence-corrected chi connectivity index (χ0v) is 19.6. The molecule has 9 heteroatoms. The van der Waals surface area contributed by atoms with E-state index in [0.717, 1.165) is 15.4 Å². The van der Waals surface area contributed by atoms with Crippen molar-refractivity contribution in [1.29, 1.82) is 0 Å². The van der Waals surface area contributed by atoms with Gasteiger partial charge in [-0.1, -0.05) is 11.6 Å². The minimum atomic E-state index is -0.315. The van der Waals surface area contributed by atoms with Crippen LogP contribution in [0.25, 0.3) is 21.6 Å². The number of halogens is 1. The predicted molar refractivity (Wildman–Crippen MR) is 130 cm³/mol. The molecule has 0 saturated heterocycles. The highest BCUT2D eigenvalue weighted by molar-refractivity contribution is 7.15. The van der Waals surface area contributed by atoms with E-state index in [9.17, 15) is 9.59 Å². The lowest BCUT2D eigenvalue weighted by molar-refractivity contribution is -0.114. The van der Waals surface area contributed by atoms with E-state index in [-0.39, 0.29) is 17.9 Å². The van der Waals surface area contributed by atoms with E-state index >= 15 is 0 Å². The molecule has 0 unspecified atom stereocenters. The van der Waals surface area contributed by atoms with Crippen molar-refractivity contribution in [2.24, 2.45) is 0 Å². The summed E-state index contributed by atoms with van der Waals surface area (Å²) in [5.41, 5.74) is 2.84. The molecule has 2 N–H and O–H groups in total. The number of hydrogen-bond donors (Lipinski definition) is 2. The number of thiophene rings is 1. The summed E-state index contributed by atoms with van der Waals surface area (Å²) in [6.07, 6.45) is 1.67. The number of carbonyl (C=O) groups is 2. The Morgan fingerprint density at radius 2 is 1.91 bits per heavy atom. The number of fused-ring (bicyclic) bond motifs is 1. The summed E-state index contributed by atoms with van der Waals surface area (Å²) in [7, 11) is 0. The zero-order chi connectivity index (χ0) is 23.0. The van der Waals surface area contributed by atoms with Crippen LogP contribution < -0.4 is 10.6 Å².